The number of carbonyl (C=O) groups is 1. The van der Waals surface area contributed by atoms with Crippen molar-refractivity contribution in [3.63, 3.8) is 0 Å². The first kappa shape index (κ1) is 30.9. The van der Waals surface area contributed by atoms with E-state index in [1.807, 2.05) is 72.5 Å². The van der Waals surface area contributed by atoms with Crippen LogP contribution in [0, 0.1) is 9.49 Å². The smallest absolute Gasteiger partial charge is 0.264 e. The Balaban J connectivity index is 1.35. The zero-order valence-corrected chi connectivity index (χ0v) is 28.9. The maximum Gasteiger partial charge on any atom is 0.264 e. The normalized spacial score (nSPS) is 23.8. The van der Waals surface area contributed by atoms with Crippen LogP contribution in [0.5, 0.6) is 5.75 Å². The lowest BCUT2D eigenvalue weighted by atomic mass is 9.82. The molecule has 1 N–H and O–H groups in total. The molecule has 1 fully saturated rings. The number of rotatable bonds is 9. The predicted octanol–water partition coefficient (Wildman–Crippen LogP) is 5.30. The molecule has 1 amide bonds. The number of hydrogen-bond donors (Lipinski definition) is 1. The first-order valence-electron chi connectivity index (χ1n) is 15.1. The van der Waals surface area contributed by atoms with Gasteiger partial charge in [-0.15, -0.1) is 5.10 Å². The van der Waals surface area contributed by atoms with Crippen LogP contribution in [-0.4, -0.2) is 60.9 Å². The summed E-state index contributed by atoms with van der Waals surface area (Å²) in [5.41, 5.74) is 2.73. The summed E-state index contributed by atoms with van der Waals surface area (Å²) < 4.78 is 15.5. The highest BCUT2D eigenvalue weighted by molar-refractivity contribution is 14.1. The Kier molecular flexibility index (Phi) is 8.46. The number of aryl methyl sites for hydroxylation is 1. The molecule has 1 spiro atoms. The van der Waals surface area contributed by atoms with Gasteiger partial charge in [-0.05, 0) is 70.4 Å². The van der Waals surface area contributed by atoms with Crippen LogP contribution >= 0.6 is 22.6 Å². The number of methoxy groups -OCH3 is 1. The van der Waals surface area contributed by atoms with E-state index >= 15 is 0 Å². The number of aromatic nitrogens is 3. The Labute approximate surface area is 273 Å². The molecule has 44 heavy (non-hydrogen) atoms. The lowest BCUT2D eigenvalue weighted by Gasteiger charge is -2.37. The molecule has 1 saturated heterocycles. The summed E-state index contributed by atoms with van der Waals surface area (Å²) in [6.45, 7) is 7.53. The van der Waals surface area contributed by atoms with Gasteiger partial charge >= 0.3 is 0 Å². The third-order valence-electron chi connectivity index (χ3n) is 9.87. The molecule has 2 aliphatic rings. The van der Waals surface area contributed by atoms with Gasteiger partial charge in [-0.1, -0.05) is 72.9 Å². The molecule has 0 radical (unpaired) electrons. The molecule has 1 unspecified atom stereocenters. The van der Waals surface area contributed by atoms with E-state index < -0.39 is 13.7 Å². The van der Waals surface area contributed by atoms with Crippen LogP contribution in [0.4, 0.5) is 5.69 Å². The van der Waals surface area contributed by atoms with Crippen molar-refractivity contribution in [1.82, 2.24) is 15.0 Å². The van der Waals surface area contributed by atoms with Crippen molar-refractivity contribution in [3.05, 3.63) is 99.4 Å². The van der Waals surface area contributed by atoms with Crippen molar-refractivity contribution in [2.45, 2.75) is 56.1 Å². The van der Waals surface area contributed by atoms with E-state index in [0.29, 0.717) is 13.0 Å². The second-order valence-electron chi connectivity index (χ2n) is 12.5. The number of halogens is 1. The highest BCUT2D eigenvalue weighted by Crippen LogP contribution is 2.59. The summed E-state index contributed by atoms with van der Waals surface area (Å²) in [6, 6.07) is 24.5. The number of benzene rings is 3. The second kappa shape index (κ2) is 12.0. The maximum absolute atomic E-state index is 14.2. The van der Waals surface area contributed by atoms with Gasteiger partial charge in [0.1, 0.15) is 5.75 Å². The SMILES string of the molecule is COc1ccc([Si](C)(C)[C@@H]2[C@@H](CCn3cc(C(CO)c4ccccc4)nn3)O[C@]3(C(=O)N(C)c4ccc(I)cc43)[C@H]2C)cc1. The molecule has 4 aromatic rings. The van der Waals surface area contributed by atoms with E-state index in [1.54, 1.807) is 12.0 Å². The van der Waals surface area contributed by atoms with Gasteiger partial charge in [0.2, 0.25) is 0 Å². The minimum Gasteiger partial charge on any atom is -0.497 e. The summed E-state index contributed by atoms with van der Waals surface area (Å²) in [5.74, 6) is 0.548. The van der Waals surface area contributed by atoms with Crippen molar-refractivity contribution in [3.8, 4) is 5.75 Å². The first-order chi connectivity index (χ1) is 21.1. The summed E-state index contributed by atoms with van der Waals surface area (Å²) in [6.07, 6.45) is 2.43. The highest BCUT2D eigenvalue weighted by atomic mass is 127. The molecule has 1 aromatic heterocycles. The van der Waals surface area contributed by atoms with E-state index in [1.165, 1.54) is 5.19 Å². The Hall–Kier alpha value is -3.06. The maximum atomic E-state index is 14.2. The Morgan fingerprint density at radius 2 is 1.84 bits per heavy atom. The van der Waals surface area contributed by atoms with Gasteiger partial charge < -0.3 is 19.5 Å². The Bertz CT molecular complexity index is 1650. The fourth-order valence-corrected chi connectivity index (χ4v) is 12.1. The zero-order valence-electron chi connectivity index (χ0n) is 25.8. The van der Waals surface area contributed by atoms with Gasteiger partial charge in [0.25, 0.3) is 5.91 Å². The number of aliphatic hydroxyl groups is 1. The third-order valence-corrected chi connectivity index (χ3v) is 14.9. The van der Waals surface area contributed by atoms with E-state index in [2.05, 4.69) is 71.1 Å². The van der Waals surface area contributed by atoms with E-state index in [0.717, 1.165) is 31.8 Å². The number of fused-ring (bicyclic) bond motifs is 2. The number of hydrogen-bond acceptors (Lipinski definition) is 6. The molecule has 3 heterocycles. The standard InChI is InChI=1S/C34H39IN4O4Si/c1-22-32(44(4,5)26-14-12-25(42-3)13-15-26)31(43-34(22)28-19-24(35)11-16-30(28)38(2)33(34)41)17-18-39-20-29(36-37-39)27(21-40)23-9-7-6-8-10-23/h6-16,19-20,22,27,31-32,40H,17-18,21H2,1-5H3/t22-,27?,31+,32-,34+/m0/s1. The molecule has 0 bridgehead atoms. The van der Waals surface area contributed by atoms with Crippen molar-refractivity contribution in [1.29, 1.82) is 0 Å². The van der Waals surface area contributed by atoms with Crippen LogP contribution in [-0.2, 0) is 21.7 Å². The van der Waals surface area contributed by atoms with Crippen LogP contribution in [0.25, 0.3) is 0 Å². The monoisotopic (exact) mass is 722 g/mol. The molecular weight excluding hydrogens is 683 g/mol. The number of likely N-dealkylation sites (N-methyl/N-ethyl adjacent to an activating group) is 1. The van der Waals surface area contributed by atoms with Crippen LogP contribution in [0.2, 0.25) is 18.6 Å². The number of anilines is 1. The molecule has 2 aliphatic heterocycles. The largest absolute Gasteiger partial charge is 0.497 e. The van der Waals surface area contributed by atoms with Gasteiger partial charge in [0.15, 0.2) is 5.60 Å². The molecule has 5 atom stereocenters. The Morgan fingerprint density at radius 3 is 2.52 bits per heavy atom. The summed E-state index contributed by atoms with van der Waals surface area (Å²) in [7, 11) is 1.32. The van der Waals surface area contributed by atoms with Gasteiger partial charge in [-0.25, -0.2) is 0 Å². The van der Waals surface area contributed by atoms with Crippen molar-refractivity contribution in [2.75, 3.05) is 25.7 Å². The van der Waals surface area contributed by atoms with Crippen molar-refractivity contribution < 1.29 is 19.4 Å². The van der Waals surface area contributed by atoms with Gasteiger partial charge in [0, 0.05) is 34.8 Å². The van der Waals surface area contributed by atoms with Gasteiger partial charge in [0.05, 0.1) is 45.2 Å². The summed E-state index contributed by atoms with van der Waals surface area (Å²) in [4.78, 5) is 16.0. The summed E-state index contributed by atoms with van der Waals surface area (Å²) in [5, 5.41) is 20.3. The number of carbonyl (C=O) groups excluding carboxylic acids is 1. The number of amides is 1. The van der Waals surface area contributed by atoms with E-state index in [-0.39, 0.29) is 36.0 Å². The lowest BCUT2D eigenvalue weighted by Crippen LogP contribution is -2.51. The Morgan fingerprint density at radius 1 is 1.11 bits per heavy atom. The minimum absolute atomic E-state index is 0.00530. The summed E-state index contributed by atoms with van der Waals surface area (Å²) >= 11 is 2.32. The predicted molar refractivity (Wildman–Crippen MR) is 182 cm³/mol. The third kappa shape index (κ3) is 5.09. The number of aliphatic hydroxyl groups excluding tert-OH is 1. The van der Waals surface area contributed by atoms with E-state index in [9.17, 15) is 9.90 Å². The quantitative estimate of drug-likeness (QED) is 0.187. The number of ether oxygens (including phenoxy) is 2. The lowest BCUT2D eigenvalue weighted by molar-refractivity contribution is -0.145. The van der Waals surface area contributed by atoms with Crippen molar-refractivity contribution in [2.24, 2.45) is 5.92 Å². The second-order valence-corrected chi connectivity index (χ2v) is 18.5. The first-order valence-corrected chi connectivity index (χ1v) is 19.2. The molecule has 230 valence electrons. The molecular formula is C34H39IN4O4Si. The highest BCUT2D eigenvalue weighted by Gasteiger charge is 2.65. The van der Waals surface area contributed by atoms with E-state index in [4.69, 9.17) is 9.47 Å². The van der Waals surface area contributed by atoms with Gasteiger partial charge in [-0.3, -0.25) is 9.48 Å². The van der Waals surface area contributed by atoms with Crippen LogP contribution < -0.4 is 14.8 Å². The van der Waals surface area contributed by atoms with Crippen molar-refractivity contribution >= 4 is 47.4 Å². The molecule has 10 heteroatoms. The minimum atomic E-state index is -2.22. The average molecular weight is 723 g/mol. The number of nitrogens with zero attached hydrogens (tertiary/aromatic N) is 4. The molecule has 0 aliphatic carbocycles. The molecule has 6 rings (SSSR count). The van der Waals surface area contributed by atoms with Crippen LogP contribution in [0.3, 0.4) is 0 Å². The van der Waals surface area contributed by atoms with Gasteiger partial charge in [-0.2, -0.15) is 0 Å². The zero-order chi connectivity index (χ0) is 31.2. The fraction of sp³-hybridized carbons (Fsp3) is 0.382. The van der Waals surface area contributed by atoms with Crippen LogP contribution in [0.15, 0.2) is 79.0 Å². The topological polar surface area (TPSA) is 89.7 Å². The van der Waals surface area contributed by atoms with Crippen LogP contribution in [0.1, 0.15) is 36.1 Å². The molecule has 8 nitrogen and oxygen atoms in total. The molecule has 3 aromatic carbocycles. The molecule has 0 saturated carbocycles. The fourth-order valence-electron chi connectivity index (χ4n) is 7.56. The average Bonchev–Trinajstić information content (AvgIpc) is 3.68.